The normalized spacial score (nSPS) is 12.8. The summed E-state index contributed by atoms with van der Waals surface area (Å²) in [5, 5.41) is 19.0. The zero-order valence-electron chi connectivity index (χ0n) is 17.4. The number of ketones is 1. The van der Waals surface area contributed by atoms with Crippen molar-refractivity contribution in [1.82, 2.24) is 15.1 Å². The van der Waals surface area contributed by atoms with Crippen LogP contribution in [0.3, 0.4) is 0 Å². The standard InChI is InChI=1S/C25H18N4O2S2/c26-13-19(25(31)27-14-17-9-6-12-32-17)24(30)22-20-15-33-21-11-5-4-10-18(21)23(20)29(28-22)16-7-2-1-3-8-16/h1-12,19H,14-15H2,(H,27,31). The maximum absolute atomic E-state index is 13.4. The third-order valence-electron chi connectivity index (χ3n) is 5.40. The van der Waals surface area contributed by atoms with Crippen LogP contribution in [0.2, 0.25) is 0 Å². The molecule has 0 saturated heterocycles. The maximum atomic E-state index is 13.4. The van der Waals surface area contributed by atoms with Gasteiger partial charge in [0.05, 0.1) is 24.0 Å². The van der Waals surface area contributed by atoms with E-state index in [1.807, 2.05) is 78.2 Å². The van der Waals surface area contributed by atoms with Gasteiger partial charge in [-0.2, -0.15) is 10.4 Å². The molecule has 1 aliphatic heterocycles. The summed E-state index contributed by atoms with van der Waals surface area (Å²) in [4.78, 5) is 28.2. The molecule has 0 bridgehead atoms. The van der Waals surface area contributed by atoms with E-state index in [9.17, 15) is 14.9 Å². The van der Waals surface area contributed by atoms with E-state index >= 15 is 0 Å². The minimum absolute atomic E-state index is 0.175. The van der Waals surface area contributed by atoms with Crippen molar-refractivity contribution in [2.45, 2.75) is 17.2 Å². The number of rotatable bonds is 6. The Hall–Kier alpha value is -3.67. The van der Waals surface area contributed by atoms with Crippen molar-refractivity contribution in [3.05, 3.63) is 88.2 Å². The number of nitrogens with zero attached hydrogens (tertiary/aromatic N) is 3. The van der Waals surface area contributed by atoms with Crippen LogP contribution < -0.4 is 5.32 Å². The summed E-state index contributed by atoms with van der Waals surface area (Å²) < 4.78 is 1.75. The molecule has 3 heterocycles. The fourth-order valence-electron chi connectivity index (χ4n) is 3.82. The fraction of sp³-hybridized carbons (Fsp3) is 0.120. The van der Waals surface area contributed by atoms with Crippen molar-refractivity contribution in [3.8, 4) is 23.0 Å². The van der Waals surface area contributed by atoms with Gasteiger partial charge in [0.2, 0.25) is 11.7 Å². The highest BCUT2D eigenvalue weighted by Crippen LogP contribution is 2.43. The zero-order chi connectivity index (χ0) is 22.8. The van der Waals surface area contributed by atoms with Crippen LogP contribution >= 0.6 is 23.1 Å². The first kappa shape index (κ1) is 21.2. The molecule has 33 heavy (non-hydrogen) atoms. The molecule has 0 spiro atoms. The van der Waals surface area contributed by atoms with Gasteiger partial charge in [0.1, 0.15) is 5.69 Å². The molecule has 1 atom stereocenters. The van der Waals surface area contributed by atoms with Crippen molar-refractivity contribution in [2.24, 2.45) is 5.92 Å². The van der Waals surface area contributed by atoms with Crippen LogP contribution in [0.5, 0.6) is 0 Å². The van der Waals surface area contributed by atoms with Crippen LogP contribution in [0.15, 0.2) is 77.0 Å². The van der Waals surface area contributed by atoms with Gasteiger partial charge in [-0.05, 0) is 29.6 Å². The first-order valence-electron chi connectivity index (χ1n) is 10.3. The van der Waals surface area contributed by atoms with Gasteiger partial charge in [-0.3, -0.25) is 9.59 Å². The van der Waals surface area contributed by atoms with Crippen LogP contribution in [0.1, 0.15) is 20.9 Å². The molecule has 1 amide bonds. The van der Waals surface area contributed by atoms with E-state index in [4.69, 9.17) is 0 Å². The molecule has 1 aliphatic rings. The Bertz CT molecular complexity index is 1370. The number of thiophene rings is 1. The largest absolute Gasteiger partial charge is 0.350 e. The van der Waals surface area contributed by atoms with E-state index in [0.717, 1.165) is 32.3 Å². The Morgan fingerprint density at radius 1 is 1.09 bits per heavy atom. The number of amides is 1. The minimum atomic E-state index is -1.46. The molecule has 2 aromatic heterocycles. The van der Waals surface area contributed by atoms with Gasteiger partial charge in [0.25, 0.3) is 0 Å². The number of carbonyl (C=O) groups excluding carboxylic acids is 2. The predicted octanol–water partition coefficient (Wildman–Crippen LogP) is 4.85. The molecule has 2 aromatic carbocycles. The molecule has 5 rings (SSSR count). The van der Waals surface area contributed by atoms with Crippen LogP contribution in [-0.4, -0.2) is 21.5 Å². The molecule has 8 heteroatoms. The van der Waals surface area contributed by atoms with Crippen LogP contribution in [0, 0.1) is 17.2 Å². The minimum Gasteiger partial charge on any atom is -0.350 e. The quantitative estimate of drug-likeness (QED) is 0.322. The Kier molecular flexibility index (Phi) is 5.82. The van der Waals surface area contributed by atoms with Crippen LogP contribution in [0.4, 0.5) is 0 Å². The topological polar surface area (TPSA) is 87.8 Å². The summed E-state index contributed by atoms with van der Waals surface area (Å²) in [7, 11) is 0. The number of hydrogen-bond acceptors (Lipinski definition) is 6. The number of benzene rings is 2. The van der Waals surface area contributed by atoms with E-state index < -0.39 is 17.6 Å². The number of Topliss-reactive ketones (excluding diaryl/α,β-unsaturated/α-hetero) is 1. The Morgan fingerprint density at radius 2 is 1.88 bits per heavy atom. The first-order valence-corrected chi connectivity index (χ1v) is 12.2. The van der Waals surface area contributed by atoms with Crippen molar-refractivity contribution >= 4 is 34.8 Å². The highest BCUT2D eigenvalue weighted by atomic mass is 32.2. The van der Waals surface area contributed by atoms with Crippen molar-refractivity contribution in [3.63, 3.8) is 0 Å². The summed E-state index contributed by atoms with van der Waals surface area (Å²) in [5.41, 5.74) is 3.54. The van der Waals surface area contributed by atoms with Gasteiger partial charge in [0.15, 0.2) is 5.92 Å². The van der Waals surface area contributed by atoms with Crippen molar-refractivity contribution in [1.29, 1.82) is 5.26 Å². The number of nitrogens with one attached hydrogen (secondary N) is 1. The molecule has 4 aromatic rings. The Morgan fingerprint density at radius 3 is 2.64 bits per heavy atom. The average molecular weight is 471 g/mol. The second-order valence-electron chi connectivity index (χ2n) is 7.43. The van der Waals surface area contributed by atoms with Gasteiger partial charge >= 0.3 is 0 Å². The molecule has 162 valence electrons. The molecule has 6 nitrogen and oxygen atoms in total. The van der Waals surface area contributed by atoms with E-state index in [1.165, 1.54) is 11.3 Å². The summed E-state index contributed by atoms with van der Waals surface area (Å²) >= 11 is 3.12. The van der Waals surface area contributed by atoms with E-state index in [1.54, 1.807) is 16.4 Å². The summed E-state index contributed by atoms with van der Waals surface area (Å²) in [6.45, 7) is 0.280. The molecule has 1 N–H and O–H groups in total. The van der Waals surface area contributed by atoms with Crippen molar-refractivity contribution < 1.29 is 9.59 Å². The molecule has 0 aliphatic carbocycles. The second-order valence-corrected chi connectivity index (χ2v) is 9.48. The second kappa shape index (κ2) is 9.06. The van der Waals surface area contributed by atoms with Gasteiger partial charge in [-0.25, -0.2) is 4.68 Å². The maximum Gasteiger partial charge on any atom is 0.245 e. The van der Waals surface area contributed by atoms with Gasteiger partial charge < -0.3 is 5.32 Å². The van der Waals surface area contributed by atoms with Crippen LogP contribution in [0.25, 0.3) is 16.9 Å². The Balaban J connectivity index is 1.54. The summed E-state index contributed by atoms with van der Waals surface area (Å²) in [6, 6.07) is 23.2. The molecular formula is C25H18N4O2S2. The van der Waals surface area contributed by atoms with E-state index in [2.05, 4.69) is 10.4 Å². The SMILES string of the molecule is N#CC(C(=O)NCc1cccs1)C(=O)c1nn(-c2ccccc2)c2c1CSc1ccccc1-2. The molecule has 1 unspecified atom stereocenters. The molecule has 0 fully saturated rings. The highest BCUT2D eigenvalue weighted by molar-refractivity contribution is 7.98. The molecule has 0 saturated carbocycles. The summed E-state index contributed by atoms with van der Waals surface area (Å²) in [5.74, 6) is -2.11. The number of carbonyl (C=O) groups is 2. The highest BCUT2D eigenvalue weighted by Gasteiger charge is 2.35. The monoisotopic (exact) mass is 470 g/mol. The number of thioether (sulfide) groups is 1. The number of fused-ring (bicyclic) bond motifs is 3. The zero-order valence-corrected chi connectivity index (χ0v) is 19.0. The van der Waals surface area contributed by atoms with Gasteiger partial charge in [0, 0.05) is 26.7 Å². The van der Waals surface area contributed by atoms with Gasteiger partial charge in [-0.15, -0.1) is 23.1 Å². The fourth-order valence-corrected chi connectivity index (χ4v) is 5.53. The van der Waals surface area contributed by atoms with Gasteiger partial charge in [-0.1, -0.05) is 42.5 Å². The predicted molar refractivity (Wildman–Crippen MR) is 128 cm³/mol. The average Bonchev–Trinajstić information content (AvgIpc) is 3.52. The third-order valence-corrected chi connectivity index (χ3v) is 7.38. The summed E-state index contributed by atoms with van der Waals surface area (Å²) in [6.07, 6.45) is 0. The lowest BCUT2D eigenvalue weighted by Crippen LogP contribution is -2.34. The van der Waals surface area contributed by atoms with E-state index in [0.29, 0.717) is 5.75 Å². The van der Waals surface area contributed by atoms with Crippen LogP contribution in [-0.2, 0) is 17.1 Å². The lowest BCUT2D eigenvalue weighted by Gasteiger charge is -2.18. The number of hydrogen-bond donors (Lipinski definition) is 1. The number of aromatic nitrogens is 2. The number of nitriles is 1. The third kappa shape index (κ3) is 3.97. The molecular weight excluding hydrogens is 452 g/mol. The smallest absolute Gasteiger partial charge is 0.245 e. The lowest BCUT2D eigenvalue weighted by atomic mass is 9.97. The first-order chi connectivity index (χ1) is 16.2. The Labute approximate surface area is 198 Å². The molecule has 0 radical (unpaired) electrons. The number of para-hydroxylation sites is 1. The van der Waals surface area contributed by atoms with Crippen molar-refractivity contribution in [2.75, 3.05) is 0 Å². The van der Waals surface area contributed by atoms with E-state index in [-0.39, 0.29) is 12.2 Å². The lowest BCUT2D eigenvalue weighted by molar-refractivity contribution is -0.122.